The Morgan fingerprint density at radius 2 is 1.03 bits per heavy atom. The molecule has 1 rings (SSSR count). The zero-order chi connectivity index (χ0) is 26.0. The number of ether oxygens (including phenoxy) is 3. The van der Waals surface area contributed by atoms with Gasteiger partial charge in [-0.15, -0.1) is 0 Å². The first-order valence-corrected chi connectivity index (χ1v) is 14.2. The molecule has 0 radical (unpaired) electrons. The third-order valence-electron chi connectivity index (χ3n) is 8.19. The number of nitrogens with zero attached hydrogens (tertiary/aromatic N) is 3. The van der Waals surface area contributed by atoms with Crippen LogP contribution in [0.25, 0.3) is 0 Å². The summed E-state index contributed by atoms with van der Waals surface area (Å²) < 4.78 is 20.1. The van der Waals surface area contributed by atoms with Crippen molar-refractivity contribution in [2.75, 3.05) is 110 Å². The average Bonchev–Trinajstić information content (AvgIpc) is 2.89. The number of anilines is 1. The Kier molecular flexibility index (Phi) is 16.5. The van der Waals surface area contributed by atoms with Crippen molar-refractivity contribution >= 4 is 5.69 Å². The lowest BCUT2D eigenvalue weighted by Crippen LogP contribution is -2.49. The van der Waals surface area contributed by atoms with E-state index < -0.39 is 0 Å². The molecule has 6 nitrogen and oxygen atoms in total. The van der Waals surface area contributed by atoms with E-state index in [2.05, 4.69) is 77.6 Å². The van der Waals surface area contributed by atoms with Crippen LogP contribution >= 0.6 is 0 Å². The summed E-state index contributed by atoms with van der Waals surface area (Å²) in [5.74, 6) is 0. The van der Waals surface area contributed by atoms with E-state index >= 15 is 0 Å². The predicted octanol–water partition coefficient (Wildman–Crippen LogP) is 4.60. The van der Waals surface area contributed by atoms with Crippen LogP contribution in [0.4, 0.5) is 5.69 Å². The number of hydrogen-bond donors (Lipinski definition) is 0. The molecule has 0 aliphatic carbocycles. The maximum absolute atomic E-state index is 6.08. The molecule has 1 aromatic rings. The first-order valence-electron chi connectivity index (χ1n) is 14.2. The highest BCUT2D eigenvalue weighted by Crippen LogP contribution is 2.15. The first kappa shape index (κ1) is 31.8. The highest BCUT2D eigenvalue weighted by Gasteiger charge is 2.20. The van der Waals surface area contributed by atoms with Crippen LogP contribution in [0.2, 0.25) is 0 Å². The number of likely N-dealkylation sites (N-methyl/N-ethyl adjacent to an activating group) is 2. The number of hydrogen-bond acceptors (Lipinski definition) is 4. The molecule has 0 saturated carbocycles. The number of rotatable bonds is 22. The van der Waals surface area contributed by atoms with Crippen LogP contribution in [0.1, 0.15) is 47.1 Å². The van der Waals surface area contributed by atoms with Crippen LogP contribution in [0, 0.1) is 6.92 Å². The summed E-state index contributed by atoms with van der Waals surface area (Å²) in [6.07, 6.45) is 0. The fourth-order valence-electron chi connectivity index (χ4n) is 4.77. The van der Waals surface area contributed by atoms with E-state index in [0.717, 1.165) is 55.0 Å². The largest absolute Gasteiger partial charge is 0.377 e. The van der Waals surface area contributed by atoms with Crippen molar-refractivity contribution in [3.63, 3.8) is 0 Å². The molecule has 6 heteroatoms. The maximum atomic E-state index is 6.08. The molecule has 0 fully saturated rings. The minimum absolute atomic E-state index is 0.646. The predicted molar refractivity (Wildman–Crippen MR) is 149 cm³/mol. The second-order valence-electron chi connectivity index (χ2n) is 9.69. The normalized spacial score (nSPS) is 12.3. The van der Waals surface area contributed by atoms with E-state index in [0.29, 0.717) is 19.8 Å². The first-order chi connectivity index (χ1) is 16.9. The molecule has 0 unspecified atom stereocenters. The molecule has 0 bridgehead atoms. The average molecular weight is 496 g/mol. The monoisotopic (exact) mass is 495 g/mol. The topological polar surface area (TPSA) is 30.9 Å². The van der Waals surface area contributed by atoms with Crippen LogP contribution in [0.3, 0.4) is 0 Å². The van der Waals surface area contributed by atoms with E-state index in [1.54, 1.807) is 0 Å². The van der Waals surface area contributed by atoms with Gasteiger partial charge in [0.2, 0.25) is 0 Å². The van der Waals surface area contributed by atoms with Gasteiger partial charge in [0, 0.05) is 18.8 Å². The maximum Gasteiger partial charge on any atom is 0.102 e. The zero-order valence-corrected chi connectivity index (χ0v) is 24.2. The molecule has 0 saturated heterocycles. The van der Waals surface area contributed by atoms with E-state index in [4.69, 9.17) is 14.2 Å². The van der Waals surface area contributed by atoms with Gasteiger partial charge in [-0.2, -0.15) is 0 Å². The minimum Gasteiger partial charge on any atom is -0.377 e. The van der Waals surface area contributed by atoms with Gasteiger partial charge in [-0.05, 0) is 66.2 Å². The van der Waals surface area contributed by atoms with Crippen LogP contribution in [0.5, 0.6) is 0 Å². The summed E-state index contributed by atoms with van der Waals surface area (Å²) in [6, 6.07) is 8.70. The van der Waals surface area contributed by atoms with Crippen LogP contribution in [-0.4, -0.2) is 114 Å². The fraction of sp³-hybridized carbons (Fsp3) is 0.793. The Bertz CT molecular complexity index is 631. The van der Waals surface area contributed by atoms with Gasteiger partial charge in [0.05, 0.1) is 78.9 Å². The molecular weight excluding hydrogens is 438 g/mol. The van der Waals surface area contributed by atoms with Gasteiger partial charge in [0.25, 0.3) is 0 Å². The highest BCUT2D eigenvalue weighted by atomic mass is 16.5. The molecular formula is C29H57N3O3+2. The summed E-state index contributed by atoms with van der Waals surface area (Å²) in [6.45, 7) is 31.1. The molecule has 204 valence electrons. The SMILES string of the molecule is CC[N+](CC)(CC)CCOCCOCCN(CCOCC[N+](CC)(CC)CC)c1cccc(C)c1. The second-order valence-corrected chi connectivity index (χ2v) is 9.69. The number of quaternary nitrogens is 2. The lowest BCUT2D eigenvalue weighted by molar-refractivity contribution is -0.923. The van der Waals surface area contributed by atoms with E-state index in [1.807, 2.05) is 0 Å². The third kappa shape index (κ3) is 11.6. The summed E-state index contributed by atoms with van der Waals surface area (Å²) >= 11 is 0. The Morgan fingerprint density at radius 1 is 0.600 bits per heavy atom. The van der Waals surface area contributed by atoms with Crippen LogP contribution < -0.4 is 4.90 Å². The summed E-state index contributed by atoms with van der Waals surface area (Å²) in [7, 11) is 0. The Morgan fingerprint density at radius 3 is 1.46 bits per heavy atom. The Labute approximate surface area is 217 Å². The van der Waals surface area contributed by atoms with Gasteiger partial charge in [0.1, 0.15) is 13.1 Å². The van der Waals surface area contributed by atoms with Crippen molar-refractivity contribution in [2.24, 2.45) is 0 Å². The molecule has 0 N–H and O–H groups in total. The molecule has 0 aliphatic rings. The quantitative estimate of drug-likeness (QED) is 0.174. The van der Waals surface area contributed by atoms with Crippen molar-refractivity contribution in [1.29, 1.82) is 0 Å². The molecule has 0 aromatic heterocycles. The van der Waals surface area contributed by atoms with Crippen molar-refractivity contribution in [3.05, 3.63) is 29.8 Å². The standard InChI is InChI=1S/C29H57N3O3/c1-8-31(9-2,10-3)19-23-33-21-17-30(29-16-14-15-28(7)27-29)18-22-34-25-26-35-24-20-32(11-4,12-5)13-6/h14-16,27H,8-13,17-26H2,1-7H3/q+2. The molecule has 0 aliphatic heterocycles. The minimum atomic E-state index is 0.646. The Balaban J connectivity index is 2.39. The van der Waals surface area contributed by atoms with Gasteiger partial charge in [-0.1, -0.05) is 12.1 Å². The summed E-state index contributed by atoms with van der Waals surface area (Å²) in [5.41, 5.74) is 2.52. The number of aryl methyl sites for hydroxylation is 1. The summed E-state index contributed by atoms with van der Waals surface area (Å²) in [4.78, 5) is 2.38. The van der Waals surface area contributed by atoms with Crippen molar-refractivity contribution in [1.82, 2.24) is 0 Å². The van der Waals surface area contributed by atoms with E-state index in [9.17, 15) is 0 Å². The lowest BCUT2D eigenvalue weighted by Gasteiger charge is -2.35. The zero-order valence-electron chi connectivity index (χ0n) is 24.2. The molecule has 35 heavy (non-hydrogen) atoms. The third-order valence-corrected chi connectivity index (χ3v) is 8.19. The van der Waals surface area contributed by atoms with E-state index in [1.165, 1.54) is 50.5 Å². The van der Waals surface area contributed by atoms with Crippen LogP contribution in [0.15, 0.2) is 24.3 Å². The van der Waals surface area contributed by atoms with Gasteiger partial charge in [-0.3, -0.25) is 0 Å². The Hall–Kier alpha value is -1.18. The summed E-state index contributed by atoms with van der Waals surface area (Å²) in [5, 5.41) is 0. The van der Waals surface area contributed by atoms with Gasteiger partial charge in [0.15, 0.2) is 0 Å². The van der Waals surface area contributed by atoms with Crippen molar-refractivity contribution in [2.45, 2.75) is 48.5 Å². The fourth-order valence-corrected chi connectivity index (χ4v) is 4.77. The highest BCUT2D eigenvalue weighted by molar-refractivity contribution is 5.48. The number of benzene rings is 1. The molecule has 1 aromatic carbocycles. The van der Waals surface area contributed by atoms with Gasteiger partial charge in [-0.25, -0.2) is 0 Å². The van der Waals surface area contributed by atoms with Crippen LogP contribution in [-0.2, 0) is 14.2 Å². The van der Waals surface area contributed by atoms with Crippen molar-refractivity contribution in [3.8, 4) is 0 Å². The van der Waals surface area contributed by atoms with E-state index in [-0.39, 0.29) is 0 Å². The molecule has 0 spiro atoms. The lowest BCUT2D eigenvalue weighted by atomic mass is 10.2. The second kappa shape index (κ2) is 18.1. The van der Waals surface area contributed by atoms with Gasteiger partial charge >= 0.3 is 0 Å². The molecule has 0 atom stereocenters. The molecule has 0 amide bonds. The van der Waals surface area contributed by atoms with Crippen molar-refractivity contribution < 1.29 is 23.2 Å². The smallest absolute Gasteiger partial charge is 0.102 e. The van der Waals surface area contributed by atoms with Gasteiger partial charge < -0.3 is 28.1 Å². The molecule has 0 heterocycles.